The topological polar surface area (TPSA) is 12.0 Å². The predicted octanol–water partition coefficient (Wildman–Crippen LogP) is 4.80. The van der Waals surface area contributed by atoms with Crippen molar-refractivity contribution in [2.24, 2.45) is 5.41 Å². The van der Waals surface area contributed by atoms with E-state index in [4.69, 9.17) is 0 Å². The van der Waals surface area contributed by atoms with E-state index in [1.807, 2.05) is 0 Å². The minimum absolute atomic E-state index is 0.305. The van der Waals surface area contributed by atoms with E-state index in [-0.39, 0.29) is 0 Å². The molecule has 0 heterocycles. The van der Waals surface area contributed by atoms with E-state index < -0.39 is 0 Å². The largest absolute Gasteiger partial charge is 0.305 e. The van der Waals surface area contributed by atoms with Crippen molar-refractivity contribution < 1.29 is 0 Å². The summed E-state index contributed by atoms with van der Waals surface area (Å²) in [6, 6.07) is 18.2. The van der Waals surface area contributed by atoms with Gasteiger partial charge < -0.3 is 5.32 Å². The fourth-order valence-corrected chi connectivity index (χ4v) is 3.38. The maximum atomic E-state index is 3.80. The third-order valence-corrected chi connectivity index (χ3v) is 4.82. The van der Waals surface area contributed by atoms with Crippen molar-refractivity contribution in [3.63, 3.8) is 0 Å². The quantitative estimate of drug-likeness (QED) is 0.851. The second kappa shape index (κ2) is 5.65. The minimum Gasteiger partial charge on any atom is -0.305 e. The highest BCUT2D eigenvalue weighted by molar-refractivity contribution is 5.34. The number of hydrogen-bond donors (Lipinski definition) is 1. The van der Waals surface area contributed by atoms with E-state index in [1.165, 1.54) is 35.1 Å². The zero-order chi connectivity index (χ0) is 14.9. The molecule has 2 aromatic carbocycles. The highest BCUT2D eigenvalue weighted by Gasteiger charge is 2.35. The smallest absolute Gasteiger partial charge is 0.0377 e. The summed E-state index contributed by atoms with van der Waals surface area (Å²) in [5, 5.41) is 3.80. The molecule has 1 aliphatic carbocycles. The summed E-state index contributed by atoms with van der Waals surface area (Å²) < 4.78 is 0. The fraction of sp³-hybridized carbons (Fsp3) is 0.400. The highest BCUT2D eigenvalue weighted by atomic mass is 14.9. The van der Waals surface area contributed by atoms with Gasteiger partial charge in [0, 0.05) is 12.6 Å². The first kappa shape index (κ1) is 14.3. The van der Waals surface area contributed by atoms with E-state index in [9.17, 15) is 0 Å². The Hall–Kier alpha value is -1.60. The normalized spacial score (nSPS) is 20.0. The monoisotopic (exact) mass is 279 g/mol. The van der Waals surface area contributed by atoms with Crippen LogP contribution in [0.15, 0.2) is 48.5 Å². The second-order valence-electron chi connectivity index (χ2n) is 6.99. The molecule has 1 N–H and O–H groups in total. The second-order valence-corrected chi connectivity index (χ2v) is 6.99. The van der Waals surface area contributed by atoms with Gasteiger partial charge in [-0.25, -0.2) is 0 Å². The molecule has 1 atom stereocenters. The Labute approximate surface area is 128 Å². The third-order valence-electron chi connectivity index (χ3n) is 4.82. The molecular formula is C20H25N. The van der Waals surface area contributed by atoms with Gasteiger partial charge in [-0.05, 0) is 41.9 Å². The lowest BCUT2D eigenvalue weighted by atomic mass is 9.70. The molecule has 0 fully saturated rings. The Bertz CT molecular complexity index is 610. The minimum atomic E-state index is 0.305. The molecule has 0 aliphatic heterocycles. The van der Waals surface area contributed by atoms with Crippen LogP contribution in [-0.2, 0) is 13.0 Å². The fourth-order valence-electron chi connectivity index (χ4n) is 3.38. The number of nitrogens with one attached hydrogen (secondary N) is 1. The maximum Gasteiger partial charge on any atom is 0.0377 e. The molecule has 1 nitrogen and oxygen atoms in total. The Morgan fingerprint density at radius 2 is 1.76 bits per heavy atom. The standard InChI is InChI=1S/C20H25N/c1-15-8-10-16(11-9-15)14-21-19-18-7-5-4-6-17(18)12-13-20(19,2)3/h4-11,19,21H,12-14H2,1-3H3. The van der Waals surface area contributed by atoms with Gasteiger partial charge in [-0.2, -0.15) is 0 Å². The summed E-state index contributed by atoms with van der Waals surface area (Å²) >= 11 is 0. The molecule has 110 valence electrons. The van der Waals surface area contributed by atoms with Gasteiger partial charge in [-0.1, -0.05) is 67.9 Å². The molecule has 1 unspecified atom stereocenters. The number of benzene rings is 2. The number of aryl methyl sites for hydroxylation is 2. The van der Waals surface area contributed by atoms with Gasteiger partial charge in [0.25, 0.3) is 0 Å². The Morgan fingerprint density at radius 1 is 1.05 bits per heavy atom. The lowest BCUT2D eigenvalue weighted by Gasteiger charge is -2.40. The summed E-state index contributed by atoms with van der Waals surface area (Å²) in [6.07, 6.45) is 2.45. The van der Waals surface area contributed by atoms with Crippen LogP contribution in [-0.4, -0.2) is 0 Å². The number of hydrogen-bond acceptors (Lipinski definition) is 1. The van der Waals surface area contributed by atoms with Crippen LogP contribution in [0.5, 0.6) is 0 Å². The first-order valence-electron chi connectivity index (χ1n) is 7.93. The van der Waals surface area contributed by atoms with Crippen LogP contribution >= 0.6 is 0 Å². The van der Waals surface area contributed by atoms with Crippen molar-refractivity contribution in [1.82, 2.24) is 5.32 Å². The van der Waals surface area contributed by atoms with Gasteiger partial charge >= 0.3 is 0 Å². The summed E-state index contributed by atoms with van der Waals surface area (Å²) in [6.45, 7) is 7.84. The van der Waals surface area contributed by atoms with Crippen LogP contribution in [0.4, 0.5) is 0 Å². The first-order chi connectivity index (χ1) is 10.1. The summed E-state index contributed by atoms with van der Waals surface area (Å²) in [5.41, 5.74) is 5.99. The Morgan fingerprint density at radius 3 is 2.52 bits per heavy atom. The lowest BCUT2D eigenvalue weighted by Crippen LogP contribution is -2.37. The molecule has 0 saturated carbocycles. The van der Waals surface area contributed by atoms with Crippen molar-refractivity contribution in [2.75, 3.05) is 0 Å². The van der Waals surface area contributed by atoms with E-state index in [1.54, 1.807) is 0 Å². The van der Waals surface area contributed by atoms with E-state index in [2.05, 4.69) is 74.6 Å². The molecule has 1 heteroatoms. The van der Waals surface area contributed by atoms with Crippen LogP contribution in [0.25, 0.3) is 0 Å². The molecule has 21 heavy (non-hydrogen) atoms. The van der Waals surface area contributed by atoms with E-state index in [0.29, 0.717) is 11.5 Å². The van der Waals surface area contributed by atoms with E-state index >= 15 is 0 Å². The van der Waals surface area contributed by atoms with Crippen LogP contribution in [0.3, 0.4) is 0 Å². The summed E-state index contributed by atoms with van der Waals surface area (Å²) in [7, 11) is 0. The van der Waals surface area contributed by atoms with Crippen LogP contribution in [0.1, 0.15) is 48.6 Å². The Balaban J connectivity index is 1.81. The van der Waals surface area contributed by atoms with Gasteiger partial charge in [0.15, 0.2) is 0 Å². The molecule has 0 radical (unpaired) electrons. The van der Waals surface area contributed by atoms with Gasteiger partial charge in [0.1, 0.15) is 0 Å². The number of fused-ring (bicyclic) bond motifs is 1. The van der Waals surface area contributed by atoms with Gasteiger partial charge in [0.2, 0.25) is 0 Å². The summed E-state index contributed by atoms with van der Waals surface area (Å²) in [5.74, 6) is 0. The van der Waals surface area contributed by atoms with Crippen molar-refractivity contribution in [2.45, 2.75) is 46.2 Å². The van der Waals surface area contributed by atoms with Gasteiger partial charge in [-0.3, -0.25) is 0 Å². The van der Waals surface area contributed by atoms with E-state index in [0.717, 1.165) is 6.54 Å². The molecule has 0 spiro atoms. The SMILES string of the molecule is Cc1ccc(CNC2c3ccccc3CCC2(C)C)cc1. The molecule has 0 saturated heterocycles. The zero-order valence-electron chi connectivity index (χ0n) is 13.3. The Kier molecular flexibility index (Phi) is 3.86. The van der Waals surface area contributed by atoms with Crippen molar-refractivity contribution >= 4 is 0 Å². The van der Waals surface area contributed by atoms with Gasteiger partial charge in [0.05, 0.1) is 0 Å². The highest BCUT2D eigenvalue weighted by Crippen LogP contribution is 2.43. The van der Waals surface area contributed by atoms with Crippen molar-refractivity contribution in [3.05, 3.63) is 70.8 Å². The number of rotatable bonds is 3. The zero-order valence-corrected chi connectivity index (χ0v) is 13.3. The predicted molar refractivity (Wildman–Crippen MR) is 89.3 cm³/mol. The van der Waals surface area contributed by atoms with Crippen molar-refractivity contribution in [3.8, 4) is 0 Å². The molecule has 0 amide bonds. The molecule has 3 rings (SSSR count). The maximum absolute atomic E-state index is 3.80. The van der Waals surface area contributed by atoms with Crippen LogP contribution < -0.4 is 5.32 Å². The first-order valence-corrected chi connectivity index (χ1v) is 7.93. The van der Waals surface area contributed by atoms with Gasteiger partial charge in [-0.15, -0.1) is 0 Å². The van der Waals surface area contributed by atoms with Crippen molar-refractivity contribution in [1.29, 1.82) is 0 Å². The van der Waals surface area contributed by atoms with Crippen LogP contribution in [0.2, 0.25) is 0 Å². The average molecular weight is 279 g/mol. The lowest BCUT2D eigenvalue weighted by molar-refractivity contribution is 0.208. The molecular weight excluding hydrogens is 254 g/mol. The average Bonchev–Trinajstić information content (AvgIpc) is 2.48. The third kappa shape index (κ3) is 3.03. The molecule has 0 aromatic heterocycles. The molecule has 2 aromatic rings. The molecule has 1 aliphatic rings. The van der Waals surface area contributed by atoms with Crippen LogP contribution in [0, 0.1) is 12.3 Å². The summed E-state index contributed by atoms with van der Waals surface area (Å²) in [4.78, 5) is 0. The molecule has 0 bridgehead atoms.